The Morgan fingerprint density at radius 3 is 2.48 bits per heavy atom. The number of nitrogens with zero attached hydrogens (tertiary/aromatic N) is 1. The highest BCUT2D eigenvalue weighted by Crippen LogP contribution is 2.21. The van der Waals surface area contributed by atoms with Crippen LogP contribution in [0.4, 0.5) is 8.78 Å². The number of carbonyl (C=O) groups is 2. The fourth-order valence-corrected chi connectivity index (χ4v) is 2.56. The van der Waals surface area contributed by atoms with Crippen molar-refractivity contribution >= 4 is 11.8 Å². The van der Waals surface area contributed by atoms with Gasteiger partial charge in [0.15, 0.2) is 11.6 Å². The Morgan fingerprint density at radius 2 is 1.79 bits per heavy atom. The highest BCUT2D eigenvalue weighted by Gasteiger charge is 2.12. The molecule has 3 N–H and O–H groups in total. The molecule has 7 nitrogen and oxygen atoms in total. The van der Waals surface area contributed by atoms with Gasteiger partial charge < -0.3 is 4.74 Å². The molecule has 0 saturated carbocycles. The van der Waals surface area contributed by atoms with E-state index in [9.17, 15) is 18.4 Å². The third-order valence-electron chi connectivity index (χ3n) is 4.15. The van der Waals surface area contributed by atoms with Gasteiger partial charge in [0.05, 0.1) is 12.8 Å². The molecule has 1 aromatic heterocycles. The van der Waals surface area contributed by atoms with Crippen LogP contribution in [0.1, 0.15) is 22.5 Å². The topological polar surface area (TPSA) is 96.1 Å². The molecule has 150 valence electrons. The number of aromatic nitrogens is 2. The molecule has 0 spiro atoms. The molecule has 0 unspecified atom stereocenters. The first-order chi connectivity index (χ1) is 14.0. The van der Waals surface area contributed by atoms with Crippen LogP contribution in [-0.4, -0.2) is 29.1 Å². The van der Waals surface area contributed by atoms with E-state index in [-0.39, 0.29) is 18.5 Å². The number of amides is 2. The highest BCUT2D eigenvalue weighted by molar-refractivity contribution is 5.94. The average Bonchev–Trinajstić information content (AvgIpc) is 3.23. The maximum absolute atomic E-state index is 13.2. The van der Waals surface area contributed by atoms with Crippen molar-refractivity contribution in [1.82, 2.24) is 21.0 Å². The van der Waals surface area contributed by atoms with Crippen molar-refractivity contribution in [1.29, 1.82) is 0 Å². The molecular weight excluding hydrogens is 382 g/mol. The van der Waals surface area contributed by atoms with Crippen LogP contribution in [0.3, 0.4) is 0 Å². The lowest BCUT2D eigenvalue weighted by atomic mass is 10.1. The molecule has 1 heterocycles. The van der Waals surface area contributed by atoms with Gasteiger partial charge in [-0.2, -0.15) is 5.10 Å². The minimum Gasteiger partial charge on any atom is -0.497 e. The summed E-state index contributed by atoms with van der Waals surface area (Å²) in [7, 11) is 1.57. The van der Waals surface area contributed by atoms with Crippen molar-refractivity contribution in [2.75, 3.05) is 7.11 Å². The quantitative estimate of drug-likeness (QED) is 0.555. The zero-order chi connectivity index (χ0) is 20.8. The molecule has 2 amide bonds. The van der Waals surface area contributed by atoms with Gasteiger partial charge in [-0.1, -0.05) is 6.07 Å². The van der Waals surface area contributed by atoms with E-state index in [2.05, 4.69) is 21.0 Å². The van der Waals surface area contributed by atoms with Gasteiger partial charge in [0.2, 0.25) is 5.91 Å². The molecule has 0 saturated heterocycles. The zero-order valence-corrected chi connectivity index (χ0v) is 15.5. The van der Waals surface area contributed by atoms with Crippen LogP contribution in [0.5, 0.6) is 5.75 Å². The van der Waals surface area contributed by atoms with Crippen LogP contribution in [0.2, 0.25) is 0 Å². The number of rotatable bonds is 6. The molecule has 29 heavy (non-hydrogen) atoms. The number of aryl methyl sites for hydroxylation is 1. The van der Waals surface area contributed by atoms with Crippen molar-refractivity contribution in [2.24, 2.45) is 0 Å². The lowest BCUT2D eigenvalue weighted by Crippen LogP contribution is -2.41. The SMILES string of the molecule is COc1ccc(-c2cc(C(=O)NNC(=O)CCc3ccc(F)c(F)c3)[nH]n2)cc1. The summed E-state index contributed by atoms with van der Waals surface area (Å²) in [5, 5.41) is 6.68. The van der Waals surface area contributed by atoms with E-state index in [1.54, 1.807) is 37.4 Å². The molecule has 0 aliphatic carbocycles. The first-order valence-corrected chi connectivity index (χ1v) is 8.69. The number of hydrazine groups is 1. The minimum absolute atomic E-state index is 0.00851. The molecule has 0 aliphatic rings. The lowest BCUT2D eigenvalue weighted by molar-refractivity contribution is -0.121. The fourth-order valence-electron chi connectivity index (χ4n) is 2.56. The van der Waals surface area contributed by atoms with E-state index in [0.29, 0.717) is 17.0 Å². The first-order valence-electron chi connectivity index (χ1n) is 8.69. The van der Waals surface area contributed by atoms with Gasteiger partial charge in [0, 0.05) is 12.0 Å². The number of benzene rings is 2. The van der Waals surface area contributed by atoms with Crippen molar-refractivity contribution in [2.45, 2.75) is 12.8 Å². The molecule has 9 heteroatoms. The van der Waals surface area contributed by atoms with E-state index in [1.807, 2.05) is 0 Å². The summed E-state index contributed by atoms with van der Waals surface area (Å²) in [6, 6.07) is 12.1. The van der Waals surface area contributed by atoms with Crippen LogP contribution in [0, 0.1) is 11.6 Å². The number of nitrogens with one attached hydrogen (secondary N) is 3. The number of halogens is 2. The first kappa shape index (κ1) is 20.0. The van der Waals surface area contributed by atoms with Gasteiger partial charge in [-0.05, 0) is 54.4 Å². The maximum atomic E-state index is 13.2. The highest BCUT2D eigenvalue weighted by atomic mass is 19.2. The van der Waals surface area contributed by atoms with E-state index < -0.39 is 23.4 Å². The molecule has 3 aromatic rings. The molecule has 0 aliphatic heterocycles. The second-order valence-electron chi connectivity index (χ2n) is 6.15. The Kier molecular flexibility index (Phi) is 6.18. The molecule has 3 rings (SSSR count). The van der Waals surface area contributed by atoms with Gasteiger partial charge in [0.1, 0.15) is 11.4 Å². The summed E-state index contributed by atoms with van der Waals surface area (Å²) in [6.45, 7) is 0. The normalized spacial score (nSPS) is 10.4. The number of H-pyrrole nitrogens is 1. The van der Waals surface area contributed by atoms with E-state index >= 15 is 0 Å². The van der Waals surface area contributed by atoms with Crippen molar-refractivity contribution < 1.29 is 23.1 Å². The standard InChI is InChI=1S/C20H18F2N4O3/c1-29-14-6-4-13(5-7-14)17-11-18(24-23-17)20(28)26-25-19(27)9-3-12-2-8-15(21)16(22)10-12/h2,4-8,10-11H,3,9H2,1H3,(H,23,24)(H,25,27)(H,26,28). The predicted octanol–water partition coefficient (Wildman–Crippen LogP) is 2.76. The zero-order valence-electron chi connectivity index (χ0n) is 15.5. The maximum Gasteiger partial charge on any atom is 0.287 e. The number of aromatic amines is 1. The van der Waals surface area contributed by atoms with E-state index in [4.69, 9.17) is 4.74 Å². The number of carbonyl (C=O) groups excluding carboxylic acids is 2. The molecule has 0 radical (unpaired) electrons. The molecule has 2 aromatic carbocycles. The number of hydrogen-bond donors (Lipinski definition) is 3. The van der Waals surface area contributed by atoms with Crippen LogP contribution in [0.25, 0.3) is 11.3 Å². The second-order valence-corrected chi connectivity index (χ2v) is 6.15. The van der Waals surface area contributed by atoms with Crippen LogP contribution in [0.15, 0.2) is 48.5 Å². The van der Waals surface area contributed by atoms with Gasteiger partial charge >= 0.3 is 0 Å². The smallest absolute Gasteiger partial charge is 0.287 e. The second kappa shape index (κ2) is 8.96. The summed E-state index contributed by atoms with van der Waals surface area (Å²) in [6.07, 6.45) is 0.190. The van der Waals surface area contributed by atoms with Gasteiger partial charge in [-0.3, -0.25) is 25.5 Å². The number of methoxy groups -OCH3 is 1. The number of ether oxygens (including phenoxy) is 1. The Labute approximate surface area is 165 Å². The Hall–Kier alpha value is -3.75. The number of hydrogen-bond acceptors (Lipinski definition) is 4. The Morgan fingerprint density at radius 1 is 1.03 bits per heavy atom. The van der Waals surface area contributed by atoms with Crippen LogP contribution in [-0.2, 0) is 11.2 Å². The predicted molar refractivity (Wildman–Crippen MR) is 101 cm³/mol. The minimum atomic E-state index is -0.969. The third kappa shape index (κ3) is 5.16. The summed E-state index contributed by atoms with van der Waals surface area (Å²) >= 11 is 0. The van der Waals surface area contributed by atoms with E-state index in [1.165, 1.54) is 6.07 Å². The van der Waals surface area contributed by atoms with Crippen molar-refractivity contribution in [3.63, 3.8) is 0 Å². The average molecular weight is 400 g/mol. The summed E-state index contributed by atoms with van der Waals surface area (Å²) in [4.78, 5) is 24.0. The molecule has 0 bridgehead atoms. The molecular formula is C20H18F2N4O3. The summed E-state index contributed by atoms with van der Waals surface area (Å²) in [5.74, 6) is -2.26. The van der Waals surface area contributed by atoms with E-state index in [0.717, 1.165) is 17.7 Å². The Bertz CT molecular complexity index is 1020. The van der Waals surface area contributed by atoms with Crippen molar-refractivity contribution in [3.05, 3.63) is 71.4 Å². The van der Waals surface area contributed by atoms with Gasteiger partial charge in [-0.25, -0.2) is 8.78 Å². The van der Waals surface area contributed by atoms with Crippen LogP contribution < -0.4 is 15.6 Å². The summed E-state index contributed by atoms with van der Waals surface area (Å²) < 4.78 is 31.2. The fraction of sp³-hybridized carbons (Fsp3) is 0.150. The Balaban J connectivity index is 1.50. The monoisotopic (exact) mass is 400 g/mol. The molecule has 0 fully saturated rings. The van der Waals surface area contributed by atoms with Crippen LogP contribution >= 0.6 is 0 Å². The largest absolute Gasteiger partial charge is 0.497 e. The third-order valence-corrected chi connectivity index (χ3v) is 4.15. The van der Waals surface area contributed by atoms with Gasteiger partial charge in [0.25, 0.3) is 5.91 Å². The van der Waals surface area contributed by atoms with Crippen molar-refractivity contribution in [3.8, 4) is 17.0 Å². The summed E-state index contributed by atoms with van der Waals surface area (Å²) in [5.41, 5.74) is 6.53. The lowest BCUT2D eigenvalue weighted by Gasteiger charge is -2.06. The molecule has 0 atom stereocenters. The van der Waals surface area contributed by atoms with Gasteiger partial charge in [-0.15, -0.1) is 0 Å².